The van der Waals surface area contributed by atoms with Crippen LogP contribution in [-0.2, 0) is 0 Å². The van der Waals surface area contributed by atoms with Crippen LogP contribution in [0, 0.1) is 6.92 Å². The average molecular weight is 273 g/mol. The van der Waals surface area contributed by atoms with Gasteiger partial charge in [-0.2, -0.15) is 0 Å². The predicted octanol–water partition coefficient (Wildman–Crippen LogP) is 3.60. The van der Waals surface area contributed by atoms with Gasteiger partial charge >= 0.3 is 0 Å². The van der Waals surface area contributed by atoms with Crippen LogP contribution in [0.3, 0.4) is 0 Å². The largest absolute Gasteiger partial charge is 0.367 e. The maximum absolute atomic E-state index is 4.46. The van der Waals surface area contributed by atoms with Crippen LogP contribution < -0.4 is 5.32 Å². The Labute approximate surface area is 122 Å². The zero-order valence-electron chi connectivity index (χ0n) is 12.6. The van der Waals surface area contributed by atoms with Crippen LogP contribution in [0.1, 0.15) is 50.5 Å². The van der Waals surface area contributed by atoms with Crippen LogP contribution in [0.25, 0.3) is 0 Å². The maximum atomic E-state index is 4.46. The normalized spacial score (nSPS) is 22.9. The standard InChI is InChI=1S/C17H27N3/c1-14-7-8-17(18-13-14)19-15-9-11-20(12-10-15)16-5-3-2-4-6-16/h7-8,13,15-16H,2-6,9-12H2,1H3,(H,18,19). The van der Waals surface area contributed by atoms with E-state index in [1.165, 1.54) is 63.6 Å². The van der Waals surface area contributed by atoms with Gasteiger partial charge in [0.2, 0.25) is 0 Å². The van der Waals surface area contributed by atoms with Gasteiger partial charge in [-0.3, -0.25) is 0 Å². The monoisotopic (exact) mass is 273 g/mol. The van der Waals surface area contributed by atoms with Gasteiger partial charge in [0, 0.05) is 31.4 Å². The van der Waals surface area contributed by atoms with Gasteiger partial charge < -0.3 is 10.2 Å². The van der Waals surface area contributed by atoms with Gasteiger partial charge in [-0.05, 0) is 44.2 Å². The Morgan fingerprint density at radius 1 is 1.05 bits per heavy atom. The second-order valence-electron chi connectivity index (χ2n) is 6.47. The minimum absolute atomic E-state index is 0.602. The highest BCUT2D eigenvalue weighted by Crippen LogP contribution is 2.26. The molecule has 1 aromatic heterocycles. The SMILES string of the molecule is Cc1ccc(NC2CCN(C3CCCCC3)CC2)nc1. The lowest BCUT2D eigenvalue weighted by molar-refractivity contribution is 0.126. The van der Waals surface area contributed by atoms with Gasteiger partial charge in [0.05, 0.1) is 0 Å². The molecule has 2 heterocycles. The molecule has 1 N–H and O–H groups in total. The van der Waals surface area contributed by atoms with E-state index in [9.17, 15) is 0 Å². The molecule has 2 aliphatic rings. The molecule has 110 valence electrons. The molecule has 1 saturated carbocycles. The second-order valence-corrected chi connectivity index (χ2v) is 6.47. The van der Waals surface area contributed by atoms with Gasteiger partial charge in [0.15, 0.2) is 0 Å². The molecule has 1 aliphatic heterocycles. The number of hydrogen-bond donors (Lipinski definition) is 1. The molecule has 1 aromatic rings. The molecular weight excluding hydrogens is 246 g/mol. The number of piperidine rings is 1. The van der Waals surface area contributed by atoms with Gasteiger partial charge in [-0.15, -0.1) is 0 Å². The Hall–Kier alpha value is -1.09. The van der Waals surface area contributed by atoms with Crippen molar-refractivity contribution in [3.05, 3.63) is 23.9 Å². The zero-order valence-corrected chi connectivity index (χ0v) is 12.6. The number of anilines is 1. The third-order valence-electron chi connectivity index (χ3n) is 4.88. The average Bonchev–Trinajstić information content (AvgIpc) is 2.51. The highest BCUT2D eigenvalue weighted by molar-refractivity contribution is 5.36. The van der Waals surface area contributed by atoms with Gasteiger partial charge in [0.25, 0.3) is 0 Å². The Morgan fingerprint density at radius 2 is 1.80 bits per heavy atom. The number of likely N-dealkylation sites (tertiary alicyclic amines) is 1. The summed E-state index contributed by atoms with van der Waals surface area (Å²) in [5.41, 5.74) is 1.22. The molecule has 3 heteroatoms. The smallest absolute Gasteiger partial charge is 0.126 e. The number of aromatic nitrogens is 1. The van der Waals surface area contributed by atoms with Crippen molar-refractivity contribution < 1.29 is 0 Å². The predicted molar refractivity (Wildman–Crippen MR) is 84.1 cm³/mol. The summed E-state index contributed by atoms with van der Waals surface area (Å²) < 4.78 is 0. The molecular formula is C17H27N3. The summed E-state index contributed by atoms with van der Waals surface area (Å²) in [5, 5.41) is 3.59. The van der Waals surface area contributed by atoms with Crippen molar-refractivity contribution in [2.75, 3.05) is 18.4 Å². The summed E-state index contributed by atoms with van der Waals surface area (Å²) in [7, 11) is 0. The third kappa shape index (κ3) is 3.51. The number of nitrogens with zero attached hydrogens (tertiary/aromatic N) is 2. The van der Waals surface area contributed by atoms with Crippen molar-refractivity contribution in [2.24, 2.45) is 0 Å². The fourth-order valence-corrected chi connectivity index (χ4v) is 3.62. The minimum atomic E-state index is 0.602. The van der Waals surface area contributed by atoms with Crippen LogP contribution >= 0.6 is 0 Å². The minimum Gasteiger partial charge on any atom is -0.367 e. The molecule has 0 atom stereocenters. The molecule has 0 bridgehead atoms. The first-order valence-electron chi connectivity index (χ1n) is 8.24. The first-order valence-corrected chi connectivity index (χ1v) is 8.24. The van der Waals surface area contributed by atoms with Crippen LogP contribution in [0.5, 0.6) is 0 Å². The summed E-state index contributed by atoms with van der Waals surface area (Å²) >= 11 is 0. The van der Waals surface area contributed by atoms with E-state index in [1.807, 2.05) is 6.20 Å². The molecule has 0 aromatic carbocycles. The summed E-state index contributed by atoms with van der Waals surface area (Å²) in [6, 6.07) is 5.71. The first-order chi connectivity index (χ1) is 9.81. The molecule has 2 fully saturated rings. The molecule has 0 unspecified atom stereocenters. The number of rotatable bonds is 3. The van der Waals surface area contributed by atoms with Crippen LogP contribution in [0.15, 0.2) is 18.3 Å². The second kappa shape index (κ2) is 6.57. The highest BCUT2D eigenvalue weighted by Gasteiger charge is 2.26. The van der Waals surface area contributed by atoms with Crippen molar-refractivity contribution in [1.82, 2.24) is 9.88 Å². The molecule has 3 rings (SSSR count). The van der Waals surface area contributed by atoms with Crippen LogP contribution in [-0.4, -0.2) is 35.1 Å². The lowest BCUT2D eigenvalue weighted by Crippen LogP contribution is -2.45. The lowest BCUT2D eigenvalue weighted by Gasteiger charge is -2.39. The fourth-order valence-electron chi connectivity index (χ4n) is 3.62. The van der Waals surface area contributed by atoms with E-state index in [-0.39, 0.29) is 0 Å². The molecule has 20 heavy (non-hydrogen) atoms. The topological polar surface area (TPSA) is 28.2 Å². The quantitative estimate of drug-likeness (QED) is 0.912. The van der Waals surface area contributed by atoms with Crippen LogP contribution in [0.4, 0.5) is 5.82 Å². The van der Waals surface area contributed by atoms with E-state index >= 15 is 0 Å². The molecule has 0 spiro atoms. The summed E-state index contributed by atoms with van der Waals surface area (Å²) in [6.07, 6.45) is 11.6. The highest BCUT2D eigenvalue weighted by atomic mass is 15.2. The number of hydrogen-bond acceptors (Lipinski definition) is 3. The Balaban J connectivity index is 1.47. The van der Waals surface area contributed by atoms with Gasteiger partial charge in [-0.25, -0.2) is 4.98 Å². The van der Waals surface area contributed by atoms with Crippen molar-refractivity contribution in [1.29, 1.82) is 0 Å². The van der Waals surface area contributed by atoms with E-state index < -0.39 is 0 Å². The maximum Gasteiger partial charge on any atom is 0.126 e. The van der Waals surface area contributed by atoms with Crippen molar-refractivity contribution in [3.8, 4) is 0 Å². The van der Waals surface area contributed by atoms with E-state index in [0.717, 1.165) is 11.9 Å². The fraction of sp³-hybridized carbons (Fsp3) is 0.706. The van der Waals surface area contributed by atoms with Gasteiger partial charge in [-0.1, -0.05) is 25.3 Å². The van der Waals surface area contributed by atoms with E-state index in [4.69, 9.17) is 0 Å². The molecule has 1 aliphatic carbocycles. The van der Waals surface area contributed by atoms with E-state index in [0.29, 0.717) is 6.04 Å². The van der Waals surface area contributed by atoms with Crippen molar-refractivity contribution in [2.45, 2.75) is 64.0 Å². The molecule has 0 radical (unpaired) electrons. The zero-order chi connectivity index (χ0) is 13.8. The first kappa shape index (κ1) is 13.9. The summed E-state index contributed by atoms with van der Waals surface area (Å²) in [6.45, 7) is 4.60. The van der Waals surface area contributed by atoms with Crippen molar-refractivity contribution in [3.63, 3.8) is 0 Å². The third-order valence-corrected chi connectivity index (χ3v) is 4.88. The van der Waals surface area contributed by atoms with Crippen LogP contribution in [0.2, 0.25) is 0 Å². The number of pyridine rings is 1. The van der Waals surface area contributed by atoms with E-state index in [2.05, 4.69) is 34.3 Å². The lowest BCUT2D eigenvalue weighted by atomic mass is 9.92. The number of nitrogens with one attached hydrogen (secondary N) is 1. The Bertz CT molecular complexity index is 401. The molecule has 0 amide bonds. The van der Waals surface area contributed by atoms with Gasteiger partial charge in [0.1, 0.15) is 5.82 Å². The Kier molecular flexibility index (Phi) is 4.56. The number of aryl methyl sites for hydroxylation is 1. The van der Waals surface area contributed by atoms with Crippen molar-refractivity contribution >= 4 is 5.82 Å². The van der Waals surface area contributed by atoms with E-state index in [1.54, 1.807) is 0 Å². The molecule has 1 saturated heterocycles. The molecule has 3 nitrogen and oxygen atoms in total. The Morgan fingerprint density at radius 3 is 2.45 bits per heavy atom. The summed E-state index contributed by atoms with van der Waals surface area (Å²) in [5.74, 6) is 1.03. The summed E-state index contributed by atoms with van der Waals surface area (Å²) in [4.78, 5) is 7.19.